The molecule has 0 saturated carbocycles. The summed E-state index contributed by atoms with van der Waals surface area (Å²) < 4.78 is 36.9. The Hall–Kier alpha value is -8.67. The summed E-state index contributed by atoms with van der Waals surface area (Å²) >= 11 is 0. The van der Waals surface area contributed by atoms with Gasteiger partial charge in [0.1, 0.15) is 24.0 Å². The minimum absolute atomic E-state index is 0.00992. The van der Waals surface area contributed by atoms with Crippen LogP contribution >= 0.6 is 0 Å². The Morgan fingerprint density at radius 3 is 1.79 bits per heavy atom. The molecule has 0 aliphatic carbocycles. The first-order valence-corrected chi connectivity index (χ1v) is 23.9. The molecule has 1 aliphatic heterocycles. The fraction of sp³-hybridized carbons (Fsp3) is 0.0923. The van der Waals surface area contributed by atoms with Gasteiger partial charge in [0.25, 0.3) is 0 Å². The molecular formula is C65H52N4O. The van der Waals surface area contributed by atoms with Crippen molar-refractivity contribution >= 4 is 44.6 Å². The molecule has 0 bridgehead atoms. The minimum Gasteiger partial charge on any atom is -0.457 e. The number of rotatable bonds is 9. The summed E-state index contributed by atoms with van der Waals surface area (Å²) in [6, 6.07) is 70.8. The van der Waals surface area contributed by atoms with Crippen molar-refractivity contribution in [3.05, 3.63) is 242 Å². The molecule has 1 aliphatic rings. The highest BCUT2D eigenvalue weighted by atomic mass is 16.5. The third-order valence-corrected chi connectivity index (χ3v) is 13.6. The third-order valence-electron chi connectivity index (χ3n) is 13.6. The number of para-hydroxylation sites is 3. The molecule has 338 valence electrons. The van der Waals surface area contributed by atoms with Crippen LogP contribution in [0.4, 0.5) is 22.7 Å². The standard InChI is InChI=1S/C65H52N4O/c1-44-38-63(66-42-58(44)47-22-12-7-13-23-47)69-59-37-32-49(45-18-8-5-9-19-45)39-57(59)56-36-35-53(41-62(56)69)70-52-25-16-24-51(40-52)67-43-68(61-29-15-14-28-60(61)67)64-54(46-20-10-6-11-21-46)26-17-27-55(64)48-30-33-50(34-31-48)65(2,3)4/h5-42H,43H2,1-4H3/i16D,24D,25D. The van der Waals surface area contributed by atoms with Crippen LogP contribution in [0.1, 0.15) is 36.0 Å². The quantitative estimate of drug-likeness (QED) is 0.144. The van der Waals surface area contributed by atoms with E-state index in [0.29, 0.717) is 18.1 Å². The molecule has 0 spiro atoms. The van der Waals surface area contributed by atoms with Gasteiger partial charge in [0.15, 0.2) is 0 Å². The molecule has 0 saturated heterocycles. The van der Waals surface area contributed by atoms with Crippen molar-refractivity contribution < 1.29 is 8.85 Å². The van der Waals surface area contributed by atoms with Crippen LogP contribution in [0.15, 0.2) is 231 Å². The van der Waals surface area contributed by atoms with Gasteiger partial charge in [-0.2, -0.15) is 0 Å². The number of nitrogens with zero attached hydrogens (tertiary/aromatic N) is 4. The van der Waals surface area contributed by atoms with Crippen molar-refractivity contribution in [3.8, 4) is 61.8 Å². The van der Waals surface area contributed by atoms with Crippen LogP contribution in [0.2, 0.25) is 0 Å². The Labute approximate surface area is 414 Å². The van der Waals surface area contributed by atoms with Gasteiger partial charge < -0.3 is 14.5 Å². The first-order valence-electron chi connectivity index (χ1n) is 25.4. The second-order valence-corrected chi connectivity index (χ2v) is 19.1. The highest BCUT2D eigenvalue weighted by molar-refractivity contribution is 6.11. The zero-order valence-corrected chi connectivity index (χ0v) is 39.6. The summed E-state index contributed by atoms with van der Waals surface area (Å²) in [6.07, 6.45) is 1.95. The molecule has 0 radical (unpaired) electrons. The molecule has 5 nitrogen and oxygen atoms in total. The van der Waals surface area contributed by atoms with Crippen molar-refractivity contribution in [1.82, 2.24) is 9.55 Å². The van der Waals surface area contributed by atoms with Crippen LogP contribution in [-0.2, 0) is 5.41 Å². The molecule has 0 atom stereocenters. The van der Waals surface area contributed by atoms with Crippen molar-refractivity contribution in [2.45, 2.75) is 33.1 Å². The Balaban J connectivity index is 0.963. The summed E-state index contributed by atoms with van der Waals surface area (Å²) in [5.74, 6) is 1.45. The lowest BCUT2D eigenvalue weighted by Crippen LogP contribution is -2.25. The van der Waals surface area contributed by atoms with E-state index in [2.05, 4.69) is 188 Å². The maximum Gasteiger partial charge on any atom is 0.137 e. The van der Waals surface area contributed by atoms with Crippen LogP contribution in [0.25, 0.3) is 72.1 Å². The number of aryl methyl sites for hydroxylation is 1. The summed E-state index contributed by atoms with van der Waals surface area (Å²) in [6.45, 7) is 9.17. The Morgan fingerprint density at radius 1 is 0.500 bits per heavy atom. The fourth-order valence-electron chi connectivity index (χ4n) is 10.1. The predicted octanol–water partition coefficient (Wildman–Crippen LogP) is 17.5. The Kier molecular flexibility index (Phi) is 9.80. The van der Waals surface area contributed by atoms with Crippen LogP contribution in [-0.4, -0.2) is 16.2 Å². The highest BCUT2D eigenvalue weighted by Gasteiger charge is 2.31. The van der Waals surface area contributed by atoms with Gasteiger partial charge >= 0.3 is 0 Å². The maximum atomic E-state index is 9.44. The van der Waals surface area contributed by atoms with Crippen molar-refractivity contribution in [2.75, 3.05) is 16.5 Å². The van der Waals surface area contributed by atoms with Gasteiger partial charge in [-0.05, 0) is 106 Å². The molecule has 3 heterocycles. The molecule has 70 heavy (non-hydrogen) atoms. The molecule has 0 fully saturated rings. The van der Waals surface area contributed by atoms with Gasteiger partial charge in [-0.15, -0.1) is 0 Å². The molecule has 9 aromatic carbocycles. The van der Waals surface area contributed by atoms with Gasteiger partial charge in [-0.25, -0.2) is 4.98 Å². The minimum atomic E-state index is -0.213. The van der Waals surface area contributed by atoms with E-state index in [0.717, 1.165) is 94.8 Å². The number of fused-ring (bicyclic) bond motifs is 4. The van der Waals surface area contributed by atoms with Crippen molar-refractivity contribution in [3.63, 3.8) is 0 Å². The van der Waals surface area contributed by atoms with E-state index in [9.17, 15) is 4.11 Å². The fourth-order valence-corrected chi connectivity index (χ4v) is 10.1. The summed E-state index contributed by atoms with van der Waals surface area (Å²) in [7, 11) is 0. The summed E-state index contributed by atoms with van der Waals surface area (Å²) in [5.41, 5.74) is 16.4. The van der Waals surface area contributed by atoms with E-state index in [4.69, 9.17) is 9.72 Å². The second kappa shape index (κ2) is 17.4. The van der Waals surface area contributed by atoms with Gasteiger partial charge in [0.2, 0.25) is 0 Å². The van der Waals surface area contributed by atoms with Gasteiger partial charge in [0, 0.05) is 51.5 Å². The lowest BCUT2D eigenvalue weighted by atomic mass is 9.86. The molecule has 2 aromatic heterocycles. The van der Waals surface area contributed by atoms with Crippen molar-refractivity contribution in [1.29, 1.82) is 0 Å². The molecule has 0 amide bonds. The van der Waals surface area contributed by atoms with E-state index < -0.39 is 0 Å². The first-order chi connectivity index (χ1) is 35.5. The average molecular weight is 908 g/mol. The number of anilines is 4. The highest BCUT2D eigenvalue weighted by Crippen LogP contribution is 2.50. The van der Waals surface area contributed by atoms with Crippen molar-refractivity contribution in [2.24, 2.45) is 0 Å². The van der Waals surface area contributed by atoms with Crippen LogP contribution in [0.3, 0.4) is 0 Å². The largest absolute Gasteiger partial charge is 0.457 e. The number of hydrogen-bond donors (Lipinski definition) is 0. The number of aromatic nitrogens is 2. The van der Waals surface area contributed by atoms with E-state index >= 15 is 0 Å². The molecule has 0 N–H and O–H groups in total. The molecule has 11 aromatic rings. The van der Waals surface area contributed by atoms with Gasteiger partial charge in [-0.1, -0.05) is 178 Å². The van der Waals surface area contributed by atoms with E-state index in [1.807, 2.05) is 60.8 Å². The number of pyridine rings is 1. The van der Waals surface area contributed by atoms with Gasteiger partial charge in [0.05, 0.1) is 32.2 Å². The SMILES string of the molecule is [2H]c1c(Oc2ccc3c4cc(-c5ccccc5)ccc4n(-c4cc(C)c(-c5ccccc5)cn4)c3c2)cc(N2CN(c3c(-c4ccccc4)cccc3-c3ccc(C(C)(C)C)cc3)c3ccccc32)c([2H])c1[2H]. The predicted molar refractivity (Wildman–Crippen MR) is 292 cm³/mol. The normalized spacial score (nSPS) is 13.1. The van der Waals surface area contributed by atoms with Crippen LogP contribution in [0, 0.1) is 6.92 Å². The van der Waals surface area contributed by atoms with E-state index in [1.165, 1.54) is 5.56 Å². The number of ether oxygens (including phenoxy) is 1. The number of benzene rings is 9. The summed E-state index contributed by atoms with van der Waals surface area (Å²) in [4.78, 5) is 9.48. The second-order valence-electron chi connectivity index (χ2n) is 19.1. The first kappa shape index (κ1) is 39.3. The Bertz CT molecular complexity index is 3890. The molecule has 0 unspecified atom stereocenters. The lowest BCUT2D eigenvalue weighted by Gasteiger charge is -2.27. The average Bonchev–Trinajstić information content (AvgIpc) is 3.96. The van der Waals surface area contributed by atoms with Gasteiger partial charge in [-0.3, -0.25) is 4.57 Å². The topological polar surface area (TPSA) is 33.5 Å². The lowest BCUT2D eigenvalue weighted by molar-refractivity contribution is 0.483. The van der Waals surface area contributed by atoms with Crippen LogP contribution < -0.4 is 14.5 Å². The molecule has 5 heteroatoms. The smallest absolute Gasteiger partial charge is 0.137 e. The van der Waals surface area contributed by atoms with Crippen LogP contribution in [0.5, 0.6) is 11.5 Å². The third kappa shape index (κ3) is 7.76. The zero-order chi connectivity index (χ0) is 50.0. The zero-order valence-electron chi connectivity index (χ0n) is 42.6. The molecule has 12 rings (SSSR count). The molecular weight excluding hydrogens is 853 g/mol. The van der Waals surface area contributed by atoms with E-state index in [-0.39, 0.29) is 29.3 Å². The summed E-state index contributed by atoms with van der Waals surface area (Å²) in [5, 5.41) is 2.09. The van der Waals surface area contributed by atoms with E-state index in [1.54, 1.807) is 6.07 Å². The number of hydrogen-bond acceptors (Lipinski definition) is 4. The maximum absolute atomic E-state index is 9.44. The Morgan fingerprint density at radius 2 is 1.11 bits per heavy atom. The monoisotopic (exact) mass is 907 g/mol.